The predicted octanol–water partition coefficient (Wildman–Crippen LogP) is 3.58. The van der Waals surface area contributed by atoms with E-state index in [1.165, 1.54) is 27.6 Å². The Morgan fingerprint density at radius 2 is 2.03 bits per heavy atom. The average molecular weight is 391 g/mol. The van der Waals surface area contributed by atoms with E-state index in [-0.39, 0.29) is 0 Å². The van der Waals surface area contributed by atoms with Gasteiger partial charge in [0.2, 0.25) is 0 Å². The molecule has 1 fully saturated rings. The largest absolute Gasteiger partial charge is 0.379 e. The molecule has 0 spiro atoms. The molecule has 0 amide bonds. The molecule has 3 aromatic rings. The number of morpholine rings is 1. The summed E-state index contributed by atoms with van der Waals surface area (Å²) in [5.41, 5.74) is 6.89. The monoisotopic (exact) mass is 390 g/mol. The van der Waals surface area contributed by atoms with Gasteiger partial charge in [0.05, 0.1) is 24.9 Å². The smallest absolute Gasteiger partial charge is 0.0650 e. The predicted molar refractivity (Wildman–Crippen MR) is 116 cm³/mol. The molecule has 1 saturated heterocycles. The van der Waals surface area contributed by atoms with Crippen LogP contribution in [0.1, 0.15) is 41.0 Å². The van der Waals surface area contributed by atoms with Crippen molar-refractivity contribution in [3.63, 3.8) is 0 Å². The molecule has 2 aromatic carbocycles. The number of aromatic amines is 1. The van der Waals surface area contributed by atoms with Crippen LogP contribution in [0, 0.1) is 0 Å². The Kier molecular flexibility index (Phi) is 5.12. The van der Waals surface area contributed by atoms with Crippen molar-refractivity contribution in [3.8, 4) is 0 Å². The summed E-state index contributed by atoms with van der Waals surface area (Å²) in [4.78, 5) is 4.98. The molecule has 5 rings (SSSR count). The van der Waals surface area contributed by atoms with Gasteiger partial charge in [-0.05, 0) is 47.4 Å². The van der Waals surface area contributed by atoms with Crippen LogP contribution in [0.5, 0.6) is 0 Å². The number of nitrogens with zero attached hydrogens (tertiary/aromatic N) is 3. The van der Waals surface area contributed by atoms with Crippen LogP contribution < -0.4 is 0 Å². The van der Waals surface area contributed by atoms with Crippen molar-refractivity contribution in [3.05, 3.63) is 64.8 Å². The van der Waals surface area contributed by atoms with E-state index in [1.54, 1.807) is 0 Å². The van der Waals surface area contributed by atoms with E-state index >= 15 is 0 Å². The van der Waals surface area contributed by atoms with E-state index in [1.807, 2.05) is 6.20 Å². The summed E-state index contributed by atoms with van der Waals surface area (Å²) < 4.78 is 5.50. The fourth-order valence-electron chi connectivity index (χ4n) is 4.91. The molecule has 2 atom stereocenters. The molecule has 5 heteroatoms. The molecule has 2 aliphatic rings. The van der Waals surface area contributed by atoms with E-state index in [9.17, 15) is 0 Å². The highest BCUT2D eigenvalue weighted by molar-refractivity contribution is 5.78. The Morgan fingerprint density at radius 3 is 2.90 bits per heavy atom. The molecule has 1 N–H and O–H groups in total. The zero-order chi connectivity index (χ0) is 19.8. The Balaban J connectivity index is 1.42. The minimum atomic E-state index is 0.409. The molecule has 29 heavy (non-hydrogen) atoms. The van der Waals surface area contributed by atoms with Gasteiger partial charge in [0.1, 0.15) is 0 Å². The number of hydrogen-bond acceptors (Lipinski definition) is 4. The Hall–Kier alpha value is -2.21. The van der Waals surface area contributed by atoms with E-state index in [2.05, 4.69) is 70.4 Å². The van der Waals surface area contributed by atoms with Gasteiger partial charge >= 0.3 is 0 Å². The maximum Gasteiger partial charge on any atom is 0.0650 e. The number of H-pyrrole nitrogens is 1. The summed E-state index contributed by atoms with van der Waals surface area (Å²) in [6, 6.07) is 13.9. The molecule has 1 aromatic heterocycles. The third kappa shape index (κ3) is 3.82. The van der Waals surface area contributed by atoms with Gasteiger partial charge in [0.25, 0.3) is 0 Å². The first kappa shape index (κ1) is 18.8. The molecule has 152 valence electrons. The van der Waals surface area contributed by atoms with Crippen molar-refractivity contribution >= 4 is 10.9 Å². The van der Waals surface area contributed by atoms with Crippen molar-refractivity contribution in [2.24, 2.45) is 0 Å². The second-order valence-corrected chi connectivity index (χ2v) is 8.74. The molecule has 3 heterocycles. The molecule has 0 radical (unpaired) electrons. The summed E-state index contributed by atoms with van der Waals surface area (Å²) in [5.74, 6) is 0.943. The van der Waals surface area contributed by atoms with E-state index < -0.39 is 0 Å². The lowest BCUT2D eigenvalue weighted by Crippen LogP contribution is -2.38. The first-order valence-corrected chi connectivity index (χ1v) is 10.7. The number of ether oxygens (including phenoxy) is 1. The number of benzene rings is 2. The fourth-order valence-corrected chi connectivity index (χ4v) is 4.91. The van der Waals surface area contributed by atoms with E-state index in [0.29, 0.717) is 11.8 Å². The van der Waals surface area contributed by atoms with Gasteiger partial charge in [-0.1, -0.05) is 31.2 Å². The number of aromatic nitrogens is 2. The highest BCUT2D eigenvalue weighted by atomic mass is 16.5. The molecule has 2 unspecified atom stereocenters. The first-order valence-electron chi connectivity index (χ1n) is 10.7. The number of likely N-dealkylation sites (N-methyl/N-ethyl adjacent to an activating group) is 1. The number of rotatable bonds is 4. The molecular weight excluding hydrogens is 360 g/mol. The van der Waals surface area contributed by atoms with Crippen molar-refractivity contribution in [2.75, 3.05) is 46.4 Å². The highest BCUT2D eigenvalue weighted by Gasteiger charge is 2.26. The molecule has 5 nitrogen and oxygen atoms in total. The van der Waals surface area contributed by atoms with Crippen molar-refractivity contribution in [1.29, 1.82) is 0 Å². The Morgan fingerprint density at radius 1 is 1.17 bits per heavy atom. The van der Waals surface area contributed by atoms with Crippen LogP contribution in [0.4, 0.5) is 0 Å². The van der Waals surface area contributed by atoms with Crippen molar-refractivity contribution in [1.82, 2.24) is 20.0 Å². The number of hydrogen-bond donors (Lipinski definition) is 1. The Bertz CT molecular complexity index is 991. The standard InChI is InChI=1S/C24H30N4O/c1-17(14-28-7-9-29-10-8-28)18-3-5-22-21(11-18)15-27(2)16-23(22)19-4-6-24-20(12-19)13-25-26-24/h3-6,11-13,17,23H,7-10,14-16H2,1-2H3,(H,25,26). The quantitative estimate of drug-likeness (QED) is 0.740. The summed E-state index contributed by atoms with van der Waals surface area (Å²) in [6.45, 7) is 9.38. The maximum atomic E-state index is 5.50. The minimum absolute atomic E-state index is 0.409. The lowest BCUT2D eigenvalue weighted by atomic mass is 9.82. The molecule has 0 aliphatic carbocycles. The highest BCUT2D eigenvalue weighted by Crippen LogP contribution is 2.35. The van der Waals surface area contributed by atoms with Crippen LogP contribution >= 0.6 is 0 Å². The lowest BCUT2D eigenvalue weighted by Gasteiger charge is -2.34. The maximum absolute atomic E-state index is 5.50. The van der Waals surface area contributed by atoms with Crippen molar-refractivity contribution in [2.45, 2.75) is 25.3 Å². The van der Waals surface area contributed by atoms with Gasteiger partial charge in [-0.25, -0.2) is 0 Å². The minimum Gasteiger partial charge on any atom is -0.379 e. The van der Waals surface area contributed by atoms with Crippen LogP contribution in [-0.4, -0.2) is 66.4 Å². The third-order valence-electron chi connectivity index (χ3n) is 6.55. The normalized spacial score (nSPS) is 21.9. The first-order chi connectivity index (χ1) is 14.2. The summed E-state index contributed by atoms with van der Waals surface area (Å²) in [6.07, 6.45) is 1.92. The van der Waals surface area contributed by atoms with Gasteiger partial charge in [-0.2, -0.15) is 5.10 Å². The SMILES string of the molecule is CC(CN1CCOCC1)c1ccc2c(c1)CN(C)CC2c1ccc2[nH]ncc2c1. The zero-order valence-corrected chi connectivity index (χ0v) is 17.4. The number of nitrogens with one attached hydrogen (secondary N) is 1. The van der Waals surface area contributed by atoms with Gasteiger partial charge < -0.3 is 9.64 Å². The van der Waals surface area contributed by atoms with Crippen molar-refractivity contribution < 1.29 is 4.74 Å². The summed E-state index contributed by atoms with van der Waals surface area (Å²) in [7, 11) is 2.23. The van der Waals surface area contributed by atoms with Crippen LogP contribution in [-0.2, 0) is 11.3 Å². The second kappa shape index (κ2) is 7.90. The van der Waals surface area contributed by atoms with Gasteiger partial charge in [0, 0.05) is 44.0 Å². The van der Waals surface area contributed by atoms with Gasteiger partial charge in [-0.15, -0.1) is 0 Å². The third-order valence-corrected chi connectivity index (χ3v) is 6.55. The fraction of sp³-hybridized carbons (Fsp3) is 0.458. The van der Waals surface area contributed by atoms with Crippen LogP contribution in [0.15, 0.2) is 42.6 Å². The molecule has 0 saturated carbocycles. The van der Waals surface area contributed by atoms with Crippen LogP contribution in [0.2, 0.25) is 0 Å². The molecule has 2 aliphatic heterocycles. The topological polar surface area (TPSA) is 44.4 Å². The lowest BCUT2D eigenvalue weighted by molar-refractivity contribution is 0.0357. The van der Waals surface area contributed by atoms with Crippen LogP contribution in [0.25, 0.3) is 10.9 Å². The molecule has 0 bridgehead atoms. The van der Waals surface area contributed by atoms with E-state index in [4.69, 9.17) is 4.74 Å². The average Bonchev–Trinajstić information content (AvgIpc) is 3.21. The van der Waals surface area contributed by atoms with Gasteiger partial charge in [-0.3, -0.25) is 10.00 Å². The number of fused-ring (bicyclic) bond motifs is 2. The summed E-state index contributed by atoms with van der Waals surface area (Å²) in [5, 5.41) is 8.43. The Labute approximate surface area is 172 Å². The van der Waals surface area contributed by atoms with Gasteiger partial charge in [0.15, 0.2) is 0 Å². The molecular formula is C24H30N4O. The van der Waals surface area contributed by atoms with E-state index in [0.717, 1.165) is 51.5 Å². The zero-order valence-electron chi connectivity index (χ0n) is 17.4. The second-order valence-electron chi connectivity index (χ2n) is 8.74. The summed E-state index contributed by atoms with van der Waals surface area (Å²) >= 11 is 0. The van der Waals surface area contributed by atoms with Crippen LogP contribution in [0.3, 0.4) is 0 Å².